The van der Waals surface area contributed by atoms with Crippen LogP contribution in [-0.2, 0) is 0 Å². The molecule has 0 aliphatic carbocycles. The highest BCUT2D eigenvalue weighted by atomic mass is 16.3. The normalized spacial score (nSPS) is 16.5. The molecule has 1 amide bonds. The van der Waals surface area contributed by atoms with Gasteiger partial charge in [0, 0.05) is 30.2 Å². The maximum absolute atomic E-state index is 13.0. The molecule has 1 aliphatic heterocycles. The third-order valence-electron chi connectivity index (χ3n) is 5.48. The van der Waals surface area contributed by atoms with Crippen LogP contribution >= 0.6 is 0 Å². The van der Waals surface area contributed by atoms with Gasteiger partial charge in [-0.05, 0) is 29.7 Å². The summed E-state index contributed by atoms with van der Waals surface area (Å²) in [7, 11) is 0. The zero-order chi connectivity index (χ0) is 25.8. The van der Waals surface area contributed by atoms with Crippen molar-refractivity contribution < 1.29 is 9.90 Å². The summed E-state index contributed by atoms with van der Waals surface area (Å²) >= 11 is 0. The molecule has 178 valence electrons. The summed E-state index contributed by atoms with van der Waals surface area (Å²) in [5.74, 6) is -1.33. The van der Waals surface area contributed by atoms with Crippen LogP contribution in [0.4, 0.5) is 17.5 Å². The van der Waals surface area contributed by atoms with Crippen molar-refractivity contribution in [1.82, 2.24) is 15.0 Å². The lowest BCUT2D eigenvalue weighted by molar-refractivity contribution is 0.102. The molecular formula is C25H16N10O2. The highest BCUT2D eigenvalue weighted by Gasteiger charge is 2.34. The molecule has 12 nitrogen and oxygen atoms in total. The second kappa shape index (κ2) is 9.85. The van der Waals surface area contributed by atoms with Crippen molar-refractivity contribution >= 4 is 40.3 Å². The molecule has 2 unspecified atom stereocenters. The Morgan fingerprint density at radius 1 is 1.08 bits per heavy atom. The van der Waals surface area contributed by atoms with Crippen LogP contribution < -0.4 is 10.3 Å². The summed E-state index contributed by atoms with van der Waals surface area (Å²) in [5, 5.41) is 47.5. The number of rotatable bonds is 5. The molecule has 4 aromatic rings. The molecule has 2 aromatic carbocycles. The maximum Gasteiger partial charge on any atom is 0.260 e. The second-order valence-electron chi connectivity index (χ2n) is 7.78. The minimum absolute atomic E-state index is 0.0496. The third-order valence-corrected chi connectivity index (χ3v) is 5.48. The molecule has 0 saturated heterocycles. The smallest absolute Gasteiger partial charge is 0.260 e. The summed E-state index contributed by atoms with van der Waals surface area (Å²) < 4.78 is 0. The Balaban J connectivity index is 1.52. The number of hydrogen-bond acceptors (Lipinski definition) is 11. The first-order valence-corrected chi connectivity index (χ1v) is 10.9. The van der Waals surface area contributed by atoms with Gasteiger partial charge in [-0.2, -0.15) is 20.7 Å². The standard InChI is InChI=1S/C25H16N10O2/c26-11-15-6-7-20(30-13-15)32-24(37)19-10-16-4-1-2-5-18(16)21(22(19)36)33-34-23-17(12-27)14-31-35(23)25-28-8-3-9-29-25/h1-10,13-14,17,23,36H,(H,30,32,37). The van der Waals surface area contributed by atoms with Gasteiger partial charge in [0.25, 0.3) is 5.91 Å². The average molecular weight is 488 g/mol. The van der Waals surface area contributed by atoms with E-state index in [0.29, 0.717) is 16.3 Å². The molecule has 0 saturated carbocycles. The lowest BCUT2D eigenvalue weighted by Gasteiger charge is -2.18. The third kappa shape index (κ3) is 4.50. The second-order valence-corrected chi connectivity index (χ2v) is 7.78. The van der Waals surface area contributed by atoms with Crippen molar-refractivity contribution in [2.45, 2.75) is 6.17 Å². The highest BCUT2D eigenvalue weighted by molar-refractivity contribution is 6.11. The Morgan fingerprint density at radius 3 is 2.62 bits per heavy atom. The number of nitriles is 2. The molecule has 12 heteroatoms. The van der Waals surface area contributed by atoms with Gasteiger partial charge in [-0.25, -0.2) is 20.0 Å². The minimum Gasteiger partial charge on any atom is -0.505 e. The van der Waals surface area contributed by atoms with Crippen LogP contribution in [0.3, 0.4) is 0 Å². The van der Waals surface area contributed by atoms with Gasteiger partial charge in [0.1, 0.15) is 23.5 Å². The lowest BCUT2D eigenvalue weighted by atomic mass is 10.0. The number of phenols is 1. The number of amides is 1. The van der Waals surface area contributed by atoms with Crippen LogP contribution in [0.15, 0.2) is 82.5 Å². The fourth-order valence-electron chi connectivity index (χ4n) is 3.67. The van der Waals surface area contributed by atoms with Gasteiger partial charge in [0.05, 0.1) is 17.2 Å². The van der Waals surface area contributed by atoms with Gasteiger partial charge in [0.15, 0.2) is 11.9 Å². The zero-order valence-electron chi connectivity index (χ0n) is 19.0. The summed E-state index contributed by atoms with van der Waals surface area (Å²) in [5.41, 5.74) is 0.339. The molecule has 0 spiro atoms. The van der Waals surface area contributed by atoms with E-state index in [-0.39, 0.29) is 23.0 Å². The molecule has 0 fully saturated rings. The Labute approximate surface area is 209 Å². The Kier molecular flexibility index (Phi) is 6.13. The molecule has 1 aliphatic rings. The SMILES string of the molecule is N#Cc1ccc(NC(=O)c2cc3ccccc3c(N=NC3C(C#N)C=NN3c3ncccn3)c2O)nc1. The Hall–Kier alpha value is -5.75. The van der Waals surface area contributed by atoms with E-state index in [1.807, 2.05) is 6.07 Å². The summed E-state index contributed by atoms with van der Waals surface area (Å²) in [6, 6.07) is 17.3. The monoisotopic (exact) mass is 488 g/mol. The number of pyridine rings is 1. The highest BCUT2D eigenvalue weighted by Crippen LogP contribution is 2.39. The van der Waals surface area contributed by atoms with Crippen molar-refractivity contribution in [1.29, 1.82) is 10.5 Å². The largest absolute Gasteiger partial charge is 0.505 e. The molecule has 2 atom stereocenters. The Morgan fingerprint density at radius 2 is 1.89 bits per heavy atom. The van der Waals surface area contributed by atoms with Crippen LogP contribution in [0.2, 0.25) is 0 Å². The van der Waals surface area contributed by atoms with Crippen molar-refractivity contribution in [2.24, 2.45) is 21.2 Å². The first-order chi connectivity index (χ1) is 18.1. The quantitative estimate of drug-likeness (QED) is 0.397. The molecule has 37 heavy (non-hydrogen) atoms. The summed E-state index contributed by atoms with van der Waals surface area (Å²) in [6.07, 6.45) is 4.94. The van der Waals surface area contributed by atoms with Crippen LogP contribution in [-0.4, -0.2) is 38.3 Å². The first kappa shape index (κ1) is 23.0. The van der Waals surface area contributed by atoms with Crippen molar-refractivity contribution in [3.63, 3.8) is 0 Å². The van der Waals surface area contributed by atoms with Crippen molar-refractivity contribution in [2.75, 3.05) is 10.3 Å². The number of carbonyl (C=O) groups excluding carboxylic acids is 1. The van der Waals surface area contributed by atoms with Gasteiger partial charge in [-0.1, -0.05) is 24.3 Å². The van der Waals surface area contributed by atoms with Crippen molar-refractivity contribution in [3.05, 3.63) is 78.2 Å². The van der Waals surface area contributed by atoms with Crippen LogP contribution in [0.1, 0.15) is 15.9 Å². The minimum atomic E-state index is -0.883. The number of aromatic hydroxyl groups is 1. The number of aromatic nitrogens is 3. The van der Waals surface area contributed by atoms with Crippen LogP contribution in [0.25, 0.3) is 10.8 Å². The molecule has 0 bridgehead atoms. The molecule has 0 radical (unpaired) electrons. The Bertz CT molecular complexity index is 1620. The number of anilines is 2. The van der Waals surface area contributed by atoms with E-state index in [1.54, 1.807) is 30.3 Å². The number of phenolic OH excluding ortho intramolecular Hbond substituents is 1. The van der Waals surface area contributed by atoms with Gasteiger partial charge in [0.2, 0.25) is 5.95 Å². The first-order valence-electron chi connectivity index (χ1n) is 10.9. The fourth-order valence-corrected chi connectivity index (χ4v) is 3.67. The fraction of sp³-hybridized carbons (Fsp3) is 0.0800. The summed E-state index contributed by atoms with van der Waals surface area (Å²) in [4.78, 5) is 25.4. The summed E-state index contributed by atoms with van der Waals surface area (Å²) in [6.45, 7) is 0. The number of carbonyl (C=O) groups is 1. The average Bonchev–Trinajstić information content (AvgIpc) is 3.36. The number of fused-ring (bicyclic) bond motifs is 1. The number of azo groups is 1. The van der Waals surface area contributed by atoms with E-state index >= 15 is 0 Å². The van der Waals surface area contributed by atoms with E-state index in [9.17, 15) is 15.2 Å². The van der Waals surface area contributed by atoms with E-state index in [2.05, 4.69) is 41.7 Å². The number of nitrogens with one attached hydrogen (secondary N) is 1. The predicted molar refractivity (Wildman–Crippen MR) is 133 cm³/mol. The van der Waals surface area contributed by atoms with E-state index < -0.39 is 23.7 Å². The molecule has 5 rings (SSSR count). The molecule has 3 heterocycles. The van der Waals surface area contributed by atoms with E-state index in [1.165, 1.54) is 48.0 Å². The van der Waals surface area contributed by atoms with Gasteiger partial charge < -0.3 is 10.4 Å². The number of hydrogen-bond donors (Lipinski definition) is 2. The van der Waals surface area contributed by atoms with Gasteiger partial charge >= 0.3 is 0 Å². The van der Waals surface area contributed by atoms with Gasteiger partial charge in [-0.3, -0.25) is 4.79 Å². The lowest BCUT2D eigenvalue weighted by Crippen LogP contribution is -2.30. The van der Waals surface area contributed by atoms with Crippen molar-refractivity contribution in [3.8, 4) is 17.9 Å². The number of benzene rings is 2. The maximum atomic E-state index is 13.0. The molecule has 2 N–H and O–H groups in total. The zero-order valence-corrected chi connectivity index (χ0v) is 19.0. The van der Waals surface area contributed by atoms with E-state index in [0.717, 1.165) is 0 Å². The number of nitrogens with zero attached hydrogens (tertiary/aromatic N) is 9. The van der Waals surface area contributed by atoms with Crippen LogP contribution in [0, 0.1) is 28.6 Å². The molecule has 2 aromatic heterocycles. The topological polar surface area (TPSA) is 176 Å². The van der Waals surface area contributed by atoms with Crippen LogP contribution in [0.5, 0.6) is 5.75 Å². The molecular weight excluding hydrogens is 472 g/mol. The van der Waals surface area contributed by atoms with Gasteiger partial charge in [-0.15, -0.1) is 5.11 Å². The number of hydrazone groups is 1. The van der Waals surface area contributed by atoms with E-state index in [4.69, 9.17) is 5.26 Å². The predicted octanol–water partition coefficient (Wildman–Crippen LogP) is 3.91.